The molecule has 0 aliphatic carbocycles. The number of nitrogens with one attached hydrogen (secondary N) is 4. The standard InChI is InChI=1S/C19H20ClN3O5S2.C19H18ClN3O5S2/c2*1-9-7-10(2)16(13(8-9)12(4)24)21-18(25)17-14(5-6-29-17)30(26,27)23-19-15(20)11(3)22-28-19/h5-8,12,23-24H,1-4H3,(H,21,25);5-8,23H,1-4H3,(H,21,25). The number of benzene rings is 2. The van der Waals surface area contributed by atoms with E-state index in [0.29, 0.717) is 39.5 Å². The summed E-state index contributed by atoms with van der Waals surface area (Å²) < 4.78 is 65.4. The van der Waals surface area contributed by atoms with Gasteiger partial charge in [-0.15, -0.1) is 22.7 Å². The van der Waals surface area contributed by atoms with Gasteiger partial charge in [0.05, 0.1) is 11.8 Å². The summed E-state index contributed by atoms with van der Waals surface area (Å²) in [5.74, 6) is -1.94. The minimum Gasteiger partial charge on any atom is -0.389 e. The van der Waals surface area contributed by atoms with E-state index >= 15 is 0 Å². The number of aryl methyl sites for hydroxylation is 6. The van der Waals surface area contributed by atoms with Crippen molar-refractivity contribution in [3.63, 3.8) is 0 Å². The van der Waals surface area contributed by atoms with Gasteiger partial charge in [0.25, 0.3) is 43.6 Å². The zero-order chi connectivity index (χ0) is 44.4. The van der Waals surface area contributed by atoms with Crippen LogP contribution in [0.3, 0.4) is 0 Å². The number of Topliss-reactive ketones (excluding diaryl/α,β-unsaturated/α-hetero) is 1. The fourth-order valence-corrected chi connectivity index (χ4v) is 10.8. The number of carbonyl (C=O) groups excluding carboxylic acids is 3. The van der Waals surface area contributed by atoms with Crippen molar-refractivity contribution >= 4 is 107 Å². The predicted octanol–water partition coefficient (Wildman–Crippen LogP) is 8.99. The van der Waals surface area contributed by atoms with Gasteiger partial charge in [-0.2, -0.15) is 0 Å². The summed E-state index contributed by atoms with van der Waals surface area (Å²) in [4.78, 5) is 37.3. The second-order valence-electron chi connectivity index (χ2n) is 13.5. The van der Waals surface area contributed by atoms with Crippen molar-refractivity contribution < 1.29 is 45.4 Å². The van der Waals surface area contributed by atoms with Crippen molar-refractivity contribution in [3.8, 4) is 0 Å². The molecule has 4 heterocycles. The first-order valence-corrected chi connectivity index (χ1v) is 23.0. The van der Waals surface area contributed by atoms with E-state index in [0.717, 1.165) is 39.4 Å². The van der Waals surface area contributed by atoms with Gasteiger partial charge in [-0.3, -0.25) is 14.4 Å². The lowest BCUT2D eigenvalue weighted by molar-refractivity contribution is 0.101. The highest BCUT2D eigenvalue weighted by molar-refractivity contribution is 7.93. The van der Waals surface area contributed by atoms with Crippen LogP contribution >= 0.6 is 45.9 Å². The molecule has 318 valence electrons. The van der Waals surface area contributed by atoms with Crippen LogP contribution in [0.4, 0.5) is 23.1 Å². The number of amides is 2. The highest BCUT2D eigenvalue weighted by Crippen LogP contribution is 2.34. The van der Waals surface area contributed by atoms with Crippen molar-refractivity contribution in [1.29, 1.82) is 0 Å². The summed E-state index contributed by atoms with van der Waals surface area (Å²) in [7, 11) is -8.33. The molecule has 22 heteroatoms. The van der Waals surface area contributed by atoms with E-state index in [1.807, 2.05) is 26.0 Å². The average Bonchev–Trinajstić information content (AvgIpc) is 3.98. The van der Waals surface area contributed by atoms with E-state index < -0.39 is 38.0 Å². The van der Waals surface area contributed by atoms with Crippen molar-refractivity contribution in [3.05, 3.63) is 112 Å². The number of halogens is 2. The number of anilines is 4. The summed E-state index contributed by atoms with van der Waals surface area (Å²) in [5.41, 5.74) is 5.59. The smallest absolute Gasteiger partial charge is 0.267 e. The minimum atomic E-state index is -4.18. The molecule has 1 unspecified atom stereocenters. The molecule has 2 aromatic carbocycles. The summed E-state index contributed by atoms with van der Waals surface area (Å²) in [6.45, 7) is 13.4. The molecule has 0 saturated heterocycles. The maximum absolute atomic E-state index is 12.9. The minimum absolute atomic E-state index is 0.0219. The third-order valence-corrected chi connectivity index (χ3v) is 14.3. The lowest BCUT2D eigenvalue weighted by Gasteiger charge is -2.17. The van der Waals surface area contributed by atoms with Gasteiger partial charge in [0.2, 0.25) is 0 Å². The van der Waals surface area contributed by atoms with Crippen LogP contribution in [-0.2, 0) is 20.0 Å². The van der Waals surface area contributed by atoms with Gasteiger partial charge in [-0.05, 0) is 101 Å². The number of hydrogen-bond acceptors (Lipinski definition) is 14. The Kier molecular flexibility index (Phi) is 14.0. The van der Waals surface area contributed by atoms with E-state index in [2.05, 4.69) is 30.4 Å². The maximum Gasteiger partial charge on any atom is 0.267 e. The molecule has 2 amide bonds. The fourth-order valence-electron chi connectivity index (χ4n) is 5.80. The molecule has 0 aliphatic heterocycles. The number of aromatic nitrogens is 2. The zero-order valence-corrected chi connectivity index (χ0v) is 37.9. The molecule has 0 fully saturated rings. The summed E-state index contributed by atoms with van der Waals surface area (Å²) in [5, 5.41) is 25.7. The third kappa shape index (κ3) is 10.1. The number of sulfonamides is 2. The van der Waals surface area contributed by atoms with Crippen LogP contribution in [0.25, 0.3) is 0 Å². The van der Waals surface area contributed by atoms with E-state index in [1.165, 1.54) is 29.8 Å². The van der Waals surface area contributed by atoms with Crippen LogP contribution < -0.4 is 20.1 Å². The van der Waals surface area contributed by atoms with Crippen molar-refractivity contribution in [2.75, 3.05) is 20.1 Å². The largest absolute Gasteiger partial charge is 0.389 e. The lowest BCUT2D eigenvalue weighted by Crippen LogP contribution is -2.19. The molecule has 16 nitrogen and oxygen atoms in total. The topological polar surface area (TPSA) is 240 Å². The normalized spacial score (nSPS) is 12.0. The van der Waals surface area contributed by atoms with Crippen LogP contribution in [0.2, 0.25) is 10.0 Å². The van der Waals surface area contributed by atoms with Gasteiger partial charge in [-0.1, -0.05) is 57.3 Å². The van der Waals surface area contributed by atoms with E-state index in [4.69, 9.17) is 32.2 Å². The van der Waals surface area contributed by atoms with Crippen molar-refractivity contribution in [2.45, 2.75) is 71.3 Å². The number of rotatable bonds is 12. The van der Waals surface area contributed by atoms with E-state index in [9.17, 15) is 36.3 Å². The Bertz CT molecular complexity index is 2860. The number of aliphatic hydroxyl groups is 1. The van der Waals surface area contributed by atoms with Gasteiger partial charge in [0.1, 0.15) is 41.0 Å². The quantitative estimate of drug-likeness (QED) is 0.0723. The number of ketones is 1. The Hall–Kier alpha value is -5.09. The second-order valence-corrected chi connectivity index (χ2v) is 19.3. The third-order valence-electron chi connectivity index (χ3n) is 8.58. The molecule has 0 saturated carbocycles. The van der Waals surface area contributed by atoms with Crippen LogP contribution in [0.5, 0.6) is 0 Å². The molecule has 1 atom stereocenters. The molecule has 0 spiro atoms. The SMILES string of the molecule is CC(=O)c1cc(C)cc(C)c1NC(=O)c1sccc1S(=O)(=O)Nc1onc(C)c1Cl.Cc1cc(C)c(NC(=O)c2sccc2S(=O)(=O)Nc2onc(C)c2Cl)c(C(C)O)c1. The number of thiophene rings is 2. The Morgan fingerprint density at radius 1 is 0.700 bits per heavy atom. The van der Waals surface area contributed by atoms with Crippen molar-refractivity contribution in [1.82, 2.24) is 10.3 Å². The van der Waals surface area contributed by atoms with Gasteiger partial charge >= 0.3 is 0 Å². The molecule has 60 heavy (non-hydrogen) atoms. The van der Waals surface area contributed by atoms with Gasteiger partial charge in [0.15, 0.2) is 5.78 Å². The summed E-state index contributed by atoms with van der Waals surface area (Å²) in [6.07, 6.45) is -0.816. The molecule has 6 aromatic rings. The first-order chi connectivity index (χ1) is 28.0. The molecular formula is C38H38Cl2N6O10S4. The van der Waals surface area contributed by atoms with Crippen molar-refractivity contribution in [2.24, 2.45) is 0 Å². The number of hydrogen-bond donors (Lipinski definition) is 5. The van der Waals surface area contributed by atoms with Crippen LogP contribution in [0, 0.1) is 41.5 Å². The number of aliphatic hydroxyl groups excluding tert-OH is 1. The Labute approximate surface area is 363 Å². The highest BCUT2D eigenvalue weighted by atomic mass is 35.5. The summed E-state index contributed by atoms with van der Waals surface area (Å²) in [6, 6.07) is 9.75. The summed E-state index contributed by atoms with van der Waals surface area (Å²) >= 11 is 13.9. The lowest BCUT2D eigenvalue weighted by atomic mass is 10.0. The van der Waals surface area contributed by atoms with Crippen LogP contribution in [0.1, 0.15) is 88.9 Å². The van der Waals surface area contributed by atoms with Crippen LogP contribution in [0.15, 0.2) is 66.0 Å². The fraction of sp³-hybridized carbons (Fsp3) is 0.237. The monoisotopic (exact) mass is 936 g/mol. The highest BCUT2D eigenvalue weighted by Gasteiger charge is 2.29. The Morgan fingerprint density at radius 2 is 1.12 bits per heavy atom. The molecular weight excluding hydrogens is 900 g/mol. The van der Waals surface area contributed by atoms with E-state index in [-0.39, 0.29) is 47.1 Å². The Balaban J connectivity index is 0.000000228. The molecule has 4 aromatic heterocycles. The average molecular weight is 938 g/mol. The van der Waals surface area contributed by atoms with Gasteiger partial charge in [0, 0.05) is 16.8 Å². The number of carbonyl (C=O) groups is 3. The molecule has 0 aliphatic rings. The van der Waals surface area contributed by atoms with Gasteiger partial charge in [-0.25, -0.2) is 26.3 Å². The Morgan fingerprint density at radius 3 is 1.52 bits per heavy atom. The van der Waals surface area contributed by atoms with E-state index in [1.54, 1.807) is 46.8 Å². The molecule has 0 bridgehead atoms. The zero-order valence-electron chi connectivity index (χ0n) is 33.1. The maximum atomic E-state index is 12.9. The predicted molar refractivity (Wildman–Crippen MR) is 231 cm³/mol. The first-order valence-electron chi connectivity index (χ1n) is 17.5. The first kappa shape index (κ1) is 46.0. The van der Waals surface area contributed by atoms with Gasteiger partial charge < -0.3 is 24.8 Å². The molecule has 0 radical (unpaired) electrons. The second kappa shape index (κ2) is 18.3. The van der Waals surface area contributed by atoms with Crippen LogP contribution in [-0.4, -0.2) is 49.9 Å². The number of nitrogens with zero attached hydrogens (tertiary/aromatic N) is 2. The molecule has 5 N–H and O–H groups in total. The molecule has 6 rings (SSSR count).